The lowest BCUT2D eigenvalue weighted by Crippen LogP contribution is -2.04. The molecule has 0 bridgehead atoms. The van der Waals surface area contributed by atoms with Crippen LogP contribution in [0.2, 0.25) is 0 Å². The van der Waals surface area contributed by atoms with E-state index in [1.165, 1.54) is 11.8 Å². The second-order valence-electron chi connectivity index (χ2n) is 3.93. The van der Waals surface area contributed by atoms with Crippen LogP contribution in [0.5, 0.6) is 0 Å². The first-order chi connectivity index (χ1) is 8.63. The average molecular weight is 258 g/mol. The molecular formula is C14H14N2OS. The third kappa shape index (κ3) is 3.53. The van der Waals surface area contributed by atoms with E-state index in [4.69, 9.17) is 0 Å². The van der Waals surface area contributed by atoms with Crippen molar-refractivity contribution in [2.24, 2.45) is 4.99 Å². The Kier molecular flexibility index (Phi) is 3.89. The maximum atomic E-state index is 10.9. The number of benzene rings is 1. The lowest BCUT2D eigenvalue weighted by Gasteiger charge is -2.01. The molecule has 92 valence electrons. The van der Waals surface area contributed by atoms with Crippen molar-refractivity contribution in [3.63, 3.8) is 0 Å². The second kappa shape index (κ2) is 5.60. The first-order valence-electron chi connectivity index (χ1n) is 5.61. The second-order valence-corrected chi connectivity index (χ2v) is 5.25. The first kappa shape index (κ1) is 12.5. The highest BCUT2D eigenvalue weighted by atomic mass is 32.1. The Labute approximate surface area is 110 Å². The molecule has 18 heavy (non-hydrogen) atoms. The Balaban J connectivity index is 2.06. The van der Waals surface area contributed by atoms with E-state index in [1.54, 1.807) is 11.3 Å². The molecule has 1 heterocycles. The smallest absolute Gasteiger partial charge is 0.221 e. The molecule has 0 saturated carbocycles. The number of hydrogen-bond donors (Lipinski definition) is 1. The third-order valence-electron chi connectivity index (χ3n) is 2.29. The van der Waals surface area contributed by atoms with Crippen molar-refractivity contribution in [2.75, 3.05) is 5.32 Å². The minimum atomic E-state index is -0.0692. The topological polar surface area (TPSA) is 41.5 Å². The highest BCUT2D eigenvalue weighted by Crippen LogP contribution is 2.18. The molecule has 1 amide bonds. The van der Waals surface area contributed by atoms with Gasteiger partial charge in [-0.3, -0.25) is 9.79 Å². The molecule has 0 fully saturated rings. The van der Waals surface area contributed by atoms with Gasteiger partial charge >= 0.3 is 0 Å². The number of carbonyl (C=O) groups is 1. The van der Waals surface area contributed by atoms with Gasteiger partial charge in [-0.2, -0.15) is 0 Å². The van der Waals surface area contributed by atoms with E-state index in [1.807, 2.05) is 30.5 Å². The zero-order valence-electron chi connectivity index (χ0n) is 10.3. The summed E-state index contributed by atoms with van der Waals surface area (Å²) in [5.74, 6) is -0.0692. The molecule has 0 aliphatic rings. The zero-order valence-corrected chi connectivity index (χ0v) is 11.1. The predicted octanol–water partition coefficient (Wildman–Crippen LogP) is 3.77. The quantitative estimate of drug-likeness (QED) is 0.837. The maximum absolute atomic E-state index is 10.9. The van der Waals surface area contributed by atoms with Crippen LogP contribution in [0.25, 0.3) is 0 Å². The lowest BCUT2D eigenvalue weighted by molar-refractivity contribution is -0.114. The highest BCUT2D eigenvalue weighted by molar-refractivity contribution is 7.13. The number of aliphatic imine (C=N–C) groups is 1. The Morgan fingerprint density at radius 2 is 1.94 bits per heavy atom. The summed E-state index contributed by atoms with van der Waals surface area (Å²) in [5, 5.41) is 2.72. The van der Waals surface area contributed by atoms with E-state index in [-0.39, 0.29) is 5.91 Å². The fraction of sp³-hybridized carbons (Fsp3) is 0.143. The molecule has 0 unspecified atom stereocenters. The number of nitrogens with zero attached hydrogens (tertiary/aromatic N) is 1. The molecule has 2 aromatic rings. The molecule has 0 radical (unpaired) electrons. The Morgan fingerprint density at radius 1 is 1.22 bits per heavy atom. The molecule has 0 spiro atoms. The number of aryl methyl sites for hydroxylation is 1. The van der Waals surface area contributed by atoms with E-state index in [9.17, 15) is 4.79 Å². The van der Waals surface area contributed by atoms with Crippen molar-refractivity contribution in [1.29, 1.82) is 0 Å². The summed E-state index contributed by atoms with van der Waals surface area (Å²) in [5.41, 5.74) is 1.66. The monoisotopic (exact) mass is 258 g/mol. The number of amides is 1. The number of rotatable bonds is 3. The summed E-state index contributed by atoms with van der Waals surface area (Å²) in [4.78, 5) is 17.7. The van der Waals surface area contributed by atoms with Crippen LogP contribution in [0.3, 0.4) is 0 Å². The van der Waals surface area contributed by atoms with E-state index in [0.29, 0.717) is 0 Å². The van der Waals surface area contributed by atoms with Gasteiger partial charge in [0.25, 0.3) is 0 Å². The van der Waals surface area contributed by atoms with Crippen molar-refractivity contribution >= 4 is 34.8 Å². The molecule has 1 aromatic carbocycles. The van der Waals surface area contributed by atoms with Crippen LogP contribution < -0.4 is 5.32 Å². The number of carbonyl (C=O) groups excluding carboxylic acids is 1. The molecule has 1 N–H and O–H groups in total. The minimum Gasteiger partial charge on any atom is -0.326 e. The molecular weight excluding hydrogens is 244 g/mol. The summed E-state index contributed by atoms with van der Waals surface area (Å²) >= 11 is 1.71. The van der Waals surface area contributed by atoms with Crippen LogP contribution in [0, 0.1) is 6.92 Å². The van der Waals surface area contributed by atoms with Crippen molar-refractivity contribution in [2.45, 2.75) is 13.8 Å². The lowest BCUT2D eigenvalue weighted by atomic mass is 10.3. The Hall–Kier alpha value is -1.94. The van der Waals surface area contributed by atoms with Gasteiger partial charge in [0.1, 0.15) is 0 Å². The van der Waals surface area contributed by atoms with Crippen LogP contribution >= 0.6 is 11.3 Å². The van der Waals surface area contributed by atoms with Gasteiger partial charge in [0.2, 0.25) is 5.91 Å². The highest BCUT2D eigenvalue weighted by Gasteiger charge is 1.96. The summed E-state index contributed by atoms with van der Waals surface area (Å²) < 4.78 is 0. The number of hydrogen-bond acceptors (Lipinski definition) is 3. The van der Waals surface area contributed by atoms with Gasteiger partial charge in [0.15, 0.2) is 0 Å². The van der Waals surface area contributed by atoms with Crippen LogP contribution in [-0.4, -0.2) is 12.1 Å². The van der Waals surface area contributed by atoms with Crippen LogP contribution in [-0.2, 0) is 4.79 Å². The van der Waals surface area contributed by atoms with E-state index >= 15 is 0 Å². The van der Waals surface area contributed by atoms with Gasteiger partial charge < -0.3 is 5.32 Å². The van der Waals surface area contributed by atoms with Gasteiger partial charge in [0.05, 0.1) is 5.69 Å². The SMILES string of the molecule is CC(=O)Nc1ccc(N=Cc2ccc(C)s2)cc1. The van der Waals surface area contributed by atoms with E-state index in [0.717, 1.165) is 16.3 Å². The summed E-state index contributed by atoms with van der Waals surface area (Å²) in [6.45, 7) is 3.56. The largest absolute Gasteiger partial charge is 0.326 e. The number of anilines is 1. The normalized spacial score (nSPS) is 10.8. The minimum absolute atomic E-state index is 0.0692. The van der Waals surface area contributed by atoms with Crippen molar-refractivity contribution in [3.8, 4) is 0 Å². The summed E-state index contributed by atoms with van der Waals surface area (Å²) in [7, 11) is 0. The van der Waals surface area contributed by atoms with Gasteiger partial charge in [-0.05, 0) is 43.3 Å². The first-order valence-corrected chi connectivity index (χ1v) is 6.43. The van der Waals surface area contributed by atoms with Gasteiger partial charge in [-0.25, -0.2) is 0 Å². The molecule has 4 heteroatoms. The average Bonchev–Trinajstić information content (AvgIpc) is 2.74. The third-order valence-corrected chi connectivity index (χ3v) is 3.22. The molecule has 0 aliphatic carbocycles. The molecule has 2 rings (SSSR count). The summed E-state index contributed by atoms with van der Waals surface area (Å²) in [6, 6.07) is 11.6. The molecule has 0 atom stereocenters. The van der Waals surface area contributed by atoms with Crippen molar-refractivity contribution in [1.82, 2.24) is 0 Å². The van der Waals surface area contributed by atoms with Crippen molar-refractivity contribution in [3.05, 3.63) is 46.2 Å². The fourth-order valence-corrected chi connectivity index (χ4v) is 2.24. The van der Waals surface area contributed by atoms with Crippen LogP contribution in [0.4, 0.5) is 11.4 Å². The Bertz CT molecular complexity index is 570. The maximum Gasteiger partial charge on any atom is 0.221 e. The Morgan fingerprint density at radius 3 is 2.50 bits per heavy atom. The number of nitrogens with one attached hydrogen (secondary N) is 1. The standard InChI is InChI=1S/C14H14N2OS/c1-10-3-8-14(18-10)9-15-12-4-6-13(7-5-12)16-11(2)17/h3-9H,1-2H3,(H,16,17). The summed E-state index contributed by atoms with van der Waals surface area (Å²) in [6.07, 6.45) is 1.85. The molecule has 1 aromatic heterocycles. The van der Waals surface area contributed by atoms with E-state index < -0.39 is 0 Å². The van der Waals surface area contributed by atoms with Crippen LogP contribution in [0.15, 0.2) is 41.4 Å². The molecule has 0 aliphatic heterocycles. The predicted molar refractivity (Wildman–Crippen MR) is 77.1 cm³/mol. The molecule has 0 saturated heterocycles. The van der Waals surface area contributed by atoms with Gasteiger partial charge in [0, 0.05) is 28.6 Å². The molecule has 3 nitrogen and oxygen atoms in total. The van der Waals surface area contributed by atoms with Crippen molar-refractivity contribution < 1.29 is 4.79 Å². The zero-order chi connectivity index (χ0) is 13.0. The van der Waals surface area contributed by atoms with Crippen LogP contribution in [0.1, 0.15) is 16.7 Å². The van der Waals surface area contributed by atoms with Gasteiger partial charge in [-0.1, -0.05) is 0 Å². The number of thiophene rings is 1. The fourth-order valence-electron chi connectivity index (χ4n) is 1.50. The van der Waals surface area contributed by atoms with Gasteiger partial charge in [-0.15, -0.1) is 11.3 Å². The van der Waals surface area contributed by atoms with E-state index in [2.05, 4.69) is 29.4 Å².